The minimum atomic E-state index is -0.403. The van der Waals surface area contributed by atoms with E-state index in [0.29, 0.717) is 46.3 Å². The van der Waals surface area contributed by atoms with Crippen molar-refractivity contribution in [3.8, 4) is 11.5 Å². The van der Waals surface area contributed by atoms with Crippen LogP contribution in [0.1, 0.15) is 17.5 Å². The fraction of sp³-hybridized carbons (Fsp3) is 0.227. The van der Waals surface area contributed by atoms with Gasteiger partial charge in [-0.25, -0.2) is 0 Å². The van der Waals surface area contributed by atoms with E-state index in [0.717, 1.165) is 5.56 Å². The highest BCUT2D eigenvalue weighted by Crippen LogP contribution is 2.36. The molecule has 1 aliphatic rings. The molecule has 1 atom stereocenters. The lowest BCUT2D eigenvalue weighted by molar-refractivity contribution is -0.113. The number of benzene rings is 2. The van der Waals surface area contributed by atoms with Crippen LogP contribution in [0.2, 0.25) is 5.02 Å². The fourth-order valence-corrected chi connectivity index (χ4v) is 4.08. The first-order valence-electron chi connectivity index (χ1n) is 9.67. The number of para-hydroxylation sites is 2. The summed E-state index contributed by atoms with van der Waals surface area (Å²) in [6.45, 7) is 6.49. The van der Waals surface area contributed by atoms with Crippen LogP contribution in [0.25, 0.3) is 0 Å². The molecule has 1 aromatic heterocycles. The summed E-state index contributed by atoms with van der Waals surface area (Å²) in [7, 11) is 0. The Morgan fingerprint density at radius 3 is 2.90 bits per heavy atom. The summed E-state index contributed by atoms with van der Waals surface area (Å²) in [4.78, 5) is 12.5. The number of rotatable bonds is 7. The summed E-state index contributed by atoms with van der Waals surface area (Å²) >= 11 is 7.42. The van der Waals surface area contributed by atoms with Crippen molar-refractivity contribution >= 4 is 35.0 Å². The number of halogens is 1. The van der Waals surface area contributed by atoms with E-state index in [1.54, 1.807) is 18.2 Å². The van der Waals surface area contributed by atoms with Crippen LogP contribution < -0.4 is 14.8 Å². The van der Waals surface area contributed by atoms with E-state index in [-0.39, 0.29) is 11.7 Å². The van der Waals surface area contributed by atoms with Gasteiger partial charge in [-0.05, 0) is 36.8 Å². The predicted molar refractivity (Wildman–Crippen MR) is 121 cm³/mol. The molecule has 4 rings (SSSR count). The highest BCUT2D eigenvalue weighted by Gasteiger charge is 2.28. The normalized spacial score (nSPS) is 14.8. The van der Waals surface area contributed by atoms with Gasteiger partial charge in [-0.3, -0.25) is 9.36 Å². The first-order chi connectivity index (χ1) is 15.1. The standard InChI is InChI=1S/C22H21ClN4O3S/c1-3-11-27-21(19-12-29-17-9-4-5-10-18(17)30-19)25-26-22(27)31-13-20(28)24-16-8-6-7-15(23)14(16)2/h3-10,19H,1,11-13H2,2H3,(H,24,28). The molecular formula is C22H21ClN4O3S. The monoisotopic (exact) mass is 456 g/mol. The molecular weight excluding hydrogens is 436 g/mol. The first-order valence-corrected chi connectivity index (χ1v) is 11.0. The molecule has 0 aliphatic carbocycles. The smallest absolute Gasteiger partial charge is 0.234 e. The predicted octanol–water partition coefficient (Wildman–Crippen LogP) is 4.67. The number of anilines is 1. The molecule has 1 N–H and O–H groups in total. The van der Waals surface area contributed by atoms with Crippen LogP contribution >= 0.6 is 23.4 Å². The van der Waals surface area contributed by atoms with E-state index >= 15 is 0 Å². The minimum Gasteiger partial charge on any atom is -0.485 e. The van der Waals surface area contributed by atoms with E-state index < -0.39 is 6.10 Å². The molecule has 7 nitrogen and oxygen atoms in total. The van der Waals surface area contributed by atoms with Crippen molar-refractivity contribution in [2.24, 2.45) is 0 Å². The maximum atomic E-state index is 12.5. The van der Waals surface area contributed by atoms with Gasteiger partial charge in [0, 0.05) is 17.3 Å². The first kappa shape index (κ1) is 21.3. The van der Waals surface area contributed by atoms with Crippen LogP contribution in [0, 0.1) is 6.92 Å². The minimum absolute atomic E-state index is 0.156. The van der Waals surface area contributed by atoms with Gasteiger partial charge in [0.05, 0.1) is 5.75 Å². The van der Waals surface area contributed by atoms with E-state index in [4.69, 9.17) is 21.1 Å². The second kappa shape index (κ2) is 9.45. The highest BCUT2D eigenvalue weighted by atomic mass is 35.5. The van der Waals surface area contributed by atoms with Gasteiger partial charge in [-0.15, -0.1) is 16.8 Å². The summed E-state index contributed by atoms with van der Waals surface area (Å²) in [6.07, 6.45) is 1.35. The Morgan fingerprint density at radius 1 is 1.29 bits per heavy atom. The maximum Gasteiger partial charge on any atom is 0.234 e. The number of nitrogens with zero attached hydrogens (tertiary/aromatic N) is 3. The number of carbonyl (C=O) groups excluding carboxylic acids is 1. The molecule has 2 aromatic carbocycles. The molecule has 1 amide bonds. The number of carbonyl (C=O) groups is 1. The van der Waals surface area contributed by atoms with Crippen molar-refractivity contribution in [2.75, 3.05) is 17.7 Å². The largest absolute Gasteiger partial charge is 0.485 e. The zero-order chi connectivity index (χ0) is 21.8. The SMILES string of the molecule is C=CCn1c(SCC(=O)Nc2cccc(Cl)c2C)nnc1C1COc2ccccc2O1. The third-order valence-corrected chi connectivity index (χ3v) is 6.10. The quantitative estimate of drug-likeness (QED) is 0.411. The molecule has 0 radical (unpaired) electrons. The van der Waals surface area contributed by atoms with Gasteiger partial charge in [0.1, 0.15) is 6.61 Å². The topological polar surface area (TPSA) is 78.3 Å². The number of thioether (sulfide) groups is 1. The third kappa shape index (κ3) is 4.70. The van der Waals surface area contributed by atoms with Gasteiger partial charge >= 0.3 is 0 Å². The summed E-state index contributed by atoms with van der Waals surface area (Å²) < 4.78 is 13.8. The Kier molecular flexibility index (Phi) is 6.48. The van der Waals surface area contributed by atoms with Crippen LogP contribution in [0.4, 0.5) is 5.69 Å². The Labute approximate surface area is 189 Å². The summed E-state index contributed by atoms with van der Waals surface area (Å²) in [6, 6.07) is 12.9. The van der Waals surface area contributed by atoms with Gasteiger partial charge in [0.25, 0.3) is 0 Å². The Bertz CT molecular complexity index is 1120. The van der Waals surface area contributed by atoms with Crippen LogP contribution in [0.3, 0.4) is 0 Å². The number of nitrogens with one attached hydrogen (secondary N) is 1. The van der Waals surface area contributed by atoms with Crippen molar-refractivity contribution in [1.82, 2.24) is 14.8 Å². The zero-order valence-corrected chi connectivity index (χ0v) is 18.4. The van der Waals surface area contributed by atoms with Crippen LogP contribution in [0.5, 0.6) is 11.5 Å². The van der Waals surface area contributed by atoms with Gasteiger partial charge in [0.2, 0.25) is 5.91 Å². The lowest BCUT2D eigenvalue weighted by atomic mass is 10.2. The maximum absolute atomic E-state index is 12.5. The van der Waals surface area contributed by atoms with Crippen molar-refractivity contribution in [2.45, 2.75) is 24.7 Å². The number of amides is 1. The van der Waals surface area contributed by atoms with Gasteiger partial charge in [0.15, 0.2) is 28.6 Å². The number of hydrogen-bond acceptors (Lipinski definition) is 6. The third-order valence-electron chi connectivity index (χ3n) is 4.73. The van der Waals surface area contributed by atoms with Crippen LogP contribution in [0.15, 0.2) is 60.3 Å². The molecule has 0 saturated heterocycles. The molecule has 9 heteroatoms. The second-order valence-electron chi connectivity index (χ2n) is 6.85. The number of aromatic nitrogens is 3. The van der Waals surface area contributed by atoms with E-state index in [2.05, 4.69) is 22.1 Å². The van der Waals surface area contributed by atoms with E-state index in [1.807, 2.05) is 41.8 Å². The molecule has 0 saturated carbocycles. The Balaban J connectivity index is 1.46. The fourth-order valence-electron chi connectivity index (χ4n) is 3.15. The Morgan fingerprint density at radius 2 is 2.10 bits per heavy atom. The molecule has 160 valence electrons. The summed E-state index contributed by atoms with van der Waals surface area (Å²) in [5, 5.41) is 12.7. The van der Waals surface area contributed by atoms with E-state index in [1.165, 1.54) is 11.8 Å². The molecule has 1 unspecified atom stereocenters. The molecule has 31 heavy (non-hydrogen) atoms. The Hall–Kier alpha value is -2.97. The second-order valence-corrected chi connectivity index (χ2v) is 8.20. The lowest BCUT2D eigenvalue weighted by Crippen LogP contribution is -2.25. The van der Waals surface area contributed by atoms with Gasteiger partial charge in [-0.2, -0.15) is 0 Å². The van der Waals surface area contributed by atoms with Crippen molar-refractivity contribution in [3.63, 3.8) is 0 Å². The van der Waals surface area contributed by atoms with Crippen molar-refractivity contribution < 1.29 is 14.3 Å². The molecule has 2 heterocycles. The van der Waals surface area contributed by atoms with Gasteiger partial charge in [-0.1, -0.05) is 47.6 Å². The average Bonchev–Trinajstić information content (AvgIpc) is 3.18. The molecule has 0 spiro atoms. The van der Waals surface area contributed by atoms with Crippen molar-refractivity contribution in [3.05, 3.63) is 71.5 Å². The molecule has 3 aromatic rings. The zero-order valence-electron chi connectivity index (χ0n) is 16.9. The number of ether oxygens (including phenoxy) is 2. The number of fused-ring (bicyclic) bond motifs is 1. The molecule has 0 fully saturated rings. The van der Waals surface area contributed by atoms with Crippen molar-refractivity contribution in [1.29, 1.82) is 0 Å². The van der Waals surface area contributed by atoms with E-state index in [9.17, 15) is 4.79 Å². The molecule has 0 bridgehead atoms. The van der Waals surface area contributed by atoms with Gasteiger partial charge < -0.3 is 14.8 Å². The van der Waals surface area contributed by atoms with Crippen LogP contribution in [-0.4, -0.2) is 33.0 Å². The highest BCUT2D eigenvalue weighted by molar-refractivity contribution is 7.99. The number of hydrogen-bond donors (Lipinski definition) is 1. The number of allylic oxidation sites excluding steroid dienone is 1. The van der Waals surface area contributed by atoms with Crippen LogP contribution in [-0.2, 0) is 11.3 Å². The molecule has 1 aliphatic heterocycles. The average molecular weight is 457 g/mol. The lowest BCUT2D eigenvalue weighted by Gasteiger charge is -2.26. The summed E-state index contributed by atoms with van der Waals surface area (Å²) in [5.74, 6) is 2.01. The summed E-state index contributed by atoms with van der Waals surface area (Å²) in [5.41, 5.74) is 1.52.